The van der Waals surface area contributed by atoms with Gasteiger partial charge < -0.3 is 20.1 Å². The van der Waals surface area contributed by atoms with Crippen molar-refractivity contribution in [2.75, 3.05) is 26.7 Å². The third-order valence-electron chi connectivity index (χ3n) is 4.50. The van der Waals surface area contributed by atoms with Crippen LogP contribution in [0.15, 0.2) is 48.5 Å². The van der Waals surface area contributed by atoms with E-state index in [-0.39, 0.29) is 12.0 Å². The van der Waals surface area contributed by atoms with Crippen LogP contribution >= 0.6 is 0 Å². The quantitative estimate of drug-likeness (QED) is 0.680. The van der Waals surface area contributed by atoms with Gasteiger partial charge in [-0.05, 0) is 43.1 Å². The Morgan fingerprint density at radius 1 is 1.12 bits per heavy atom. The summed E-state index contributed by atoms with van der Waals surface area (Å²) in [6.07, 6.45) is 3.13. The highest BCUT2D eigenvalue weighted by molar-refractivity contribution is 5.96. The summed E-state index contributed by atoms with van der Waals surface area (Å²) in [5, 5.41) is 6.39. The zero-order valence-electron chi connectivity index (χ0n) is 15.2. The van der Waals surface area contributed by atoms with Crippen molar-refractivity contribution >= 4 is 5.91 Å². The molecule has 0 spiro atoms. The SMILES string of the molecule is COc1ccccc1C(=O)NCCCCNC[C@H]1Cc2ccccc2O1. The molecule has 1 amide bonds. The molecular weight excluding hydrogens is 328 g/mol. The largest absolute Gasteiger partial charge is 0.496 e. The molecule has 0 fully saturated rings. The predicted molar refractivity (Wildman–Crippen MR) is 102 cm³/mol. The molecule has 0 aliphatic carbocycles. The average molecular weight is 354 g/mol. The predicted octanol–water partition coefficient (Wildman–Crippen LogP) is 2.80. The Kier molecular flexibility index (Phi) is 6.50. The molecule has 5 heteroatoms. The van der Waals surface area contributed by atoms with Gasteiger partial charge in [-0.2, -0.15) is 0 Å². The second-order valence-corrected chi connectivity index (χ2v) is 6.42. The lowest BCUT2D eigenvalue weighted by atomic mass is 10.1. The molecule has 0 bridgehead atoms. The fraction of sp³-hybridized carbons (Fsp3) is 0.381. The standard InChI is InChI=1S/C21H26N2O3/c1-25-20-11-5-3-9-18(20)21(24)23-13-7-6-12-22-15-17-14-16-8-2-4-10-19(16)26-17/h2-5,8-11,17,22H,6-7,12-15H2,1H3,(H,23,24)/t17-/m1/s1. The van der Waals surface area contributed by atoms with Gasteiger partial charge in [0, 0.05) is 19.5 Å². The Morgan fingerprint density at radius 2 is 1.88 bits per heavy atom. The van der Waals surface area contributed by atoms with Crippen molar-refractivity contribution in [3.63, 3.8) is 0 Å². The van der Waals surface area contributed by atoms with Crippen LogP contribution in [-0.4, -0.2) is 38.8 Å². The van der Waals surface area contributed by atoms with Crippen LogP contribution in [0.3, 0.4) is 0 Å². The first-order chi connectivity index (χ1) is 12.8. The highest BCUT2D eigenvalue weighted by Crippen LogP contribution is 2.27. The molecule has 1 atom stereocenters. The maximum Gasteiger partial charge on any atom is 0.255 e. The van der Waals surface area contributed by atoms with Crippen molar-refractivity contribution in [3.05, 3.63) is 59.7 Å². The van der Waals surface area contributed by atoms with Crippen LogP contribution in [0.4, 0.5) is 0 Å². The number of hydrogen-bond acceptors (Lipinski definition) is 4. The maximum atomic E-state index is 12.2. The molecule has 2 N–H and O–H groups in total. The Bertz CT molecular complexity index is 708. The summed E-state index contributed by atoms with van der Waals surface area (Å²) in [6.45, 7) is 2.42. The van der Waals surface area contributed by atoms with E-state index in [4.69, 9.17) is 9.47 Å². The first kappa shape index (κ1) is 18.3. The third kappa shape index (κ3) is 4.76. The number of unbranched alkanes of at least 4 members (excludes halogenated alkanes) is 1. The smallest absolute Gasteiger partial charge is 0.255 e. The summed E-state index contributed by atoms with van der Waals surface area (Å²) in [4.78, 5) is 12.2. The summed E-state index contributed by atoms with van der Waals surface area (Å²) in [7, 11) is 1.57. The molecule has 0 saturated carbocycles. The third-order valence-corrected chi connectivity index (χ3v) is 4.50. The van der Waals surface area contributed by atoms with Crippen molar-refractivity contribution in [3.8, 4) is 11.5 Å². The van der Waals surface area contributed by atoms with Crippen molar-refractivity contribution in [2.24, 2.45) is 0 Å². The maximum absolute atomic E-state index is 12.2. The lowest BCUT2D eigenvalue weighted by molar-refractivity contribution is 0.0950. The molecule has 0 unspecified atom stereocenters. The molecule has 26 heavy (non-hydrogen) atoms. The number of ether oxygens (including phenoxy) is 2. The second-order valence-electron chi connectivity index (χ2n) is 6.42. The van der Waals surface area contributed by atoms with Gasteiger partial charge in [0.15, 0.2) is 0 Å². The summed E-state index contributed by atoms with van der Waals surface area (Å²) in [5.74, 6) is 1.52. The van der Waals surface area contributed by atoms with Crippen LogP contribution in [0, 0.1) is 0 Å². The number of carbonyl (C=O) groups is 1. The van der Waals surface area contributed by atoms with Gasteiger partial charge in [-0.25, -0.2) is 0 Å². The number of benzene rings is 2. The topological polar surface area (TPSA) is 59.6 Å². The zero-order valence-corrected chi connectivity index (χ0v) is 15.2. The van der Waals surface area contributed by atoms with Crippen molar-refractivity contribution < 1.29 is 14.3 Å². The lowest BCUT2D eigenvalue weighted by Crippen LogP contribution is -2.31. The minimum atomic E-state index is -0.0903. The van der Waals surface area contributed by atoms with Gasteiger partial charge in [-0.15, -0.1) is 0 Å². The average Bonchev–Trinajstić information content (AvgIpc) is 3.09. The van der Waals surface area contributed by atoms with E-state index >= 15 is 0 Å². The number of nitrogens with one attached hydrogen (secondary N) is 2. The molecular formula is C21H26N2O3. The van der Waals surface area contributed by atoms with Crippen LogP contribution in [0.2, 0.25) is 0 Å². The van der Waals surface area contributed by atoms with E-state index < -0.39 is 0 Å². The van der Waals surface area contributed by atoms with Gasteiger partial charge >= 0.3 is 0 Å². The number of fused-ring (bicyclic) bond motifs is 1. The Labute approximate surface area is 154 Å². The van der Waals surface area contributed by atoms with Gasteiger partial charge in [-0.1, -0.05) is 30.3 Å². The number of methoxy groups -OCH3 is 1. The van der Waals surface area contributed by atoms with Gasteiger partial charge in [0.25, 0.3) is 5.91 Å². The van der Waals surface area contributed by atoms with Gasteiger partial charge in [0.05, 0.1) is 12.7 Å². The molecule has 2 aromatic rings. The summed E-state index contributed by atoms with van der Waals surface area (Å²) in [6, 6.07) is 15.5. The molecule has 0 aromatic heterocycles. The normalized spacial score (nSPS) is 15.2. The van der Waals surface area contributed by atoms with Crippen LogP contribution in [-0.2, 0) is 6.42 Å². The van der Waals surface area contributed by atoms with Crippen molar-refractivity contribution in [1.82, 2.24) is 10.6 Å². The molecule has 3 rings (SSSR count). The summed E-state index contributed by atoms with van der Waals surface area (Å²) < 4.78 is 11.1. The molecule has 1 aliphatic heterocycles. The van der Waals surface area contributed by atoms with E-state index in [1.165, 1.54) is 5.56 Å². The Morgan fingerprint density at radius 3 is 2.73 bits per heavy atom. The highest BCUT2D eigenvalue weighted by Gasteiger charge is 2.21. The Balaban J connectivity index is 1.27. The van der Waals surface area contributed by atoms with Gasteiger partial charge in [-0.3, -0.25) is 4.79 Å². The van der Waals surface area contributed by atoms with Crippen LogP contribution in [0.1, 0.15) is 28.8 Å². The Hall–Kier alpha value is -2.53. The number of rotatable bonds is 9. The number of carbonyl (C=O) groups excluding carboxylic acids is 1. The monoisotopic (exact) mass is 354 g/mol. The minimum Gasteiger partial charge on any atom is -0.496 e. The first-order valence-corrected chi connectivity index (χ1v) is 9.14. The number of hydrogen-bond donors (Lipinski definition) is 2. The van der Waals surface area contributed by atoms with E-state index in [0.29, 0.717) is 17.9 Å². The van der Waals surface area contributed by atoms with E-state index in [1.807, 2.05) is 24.3 Å². The van der Waals surface area contributed by atoms with Crippen LogP contribution < -0.4 is 20.1 Å². The lowest BCUT2D eigenvalue weighted by Gasteiger charge is -2.12. The fourth-order valence-corrected chi connectivity index (χ4v) is 3.14. The molecule has 0 radical (unpaired) electrons. The first-order valence-electron chi connectivity index (χ1n) is 9.14. The number of para-hydroxylation sites is 2. The van der Waals surface area contributed by atoms with Crippen molar-refractivity contribution in [1.29, 1.82) is 0 Å². The molecule has 138 valence electrons. The van der Waals surface area contributed by atoms with E-state index in [0.717, 1.165) is 38.1 Å². The molecule has 1 aliphatic rings. The zero-order chi connectivity index (χ0) is 18.2. The molecule has 2 aromatic carbocycles. The number of amides is 1. The molecule has 5 nitrogen and oxygen atoms in total. The van der Waals surface area contributed by atoms with Gasteiger partial charge in [0.1, 0.15) is 17.6 Å². The second kappa shape index (κ2) is 9.25. The van der Waals surface area contributed by atoms with Gasteiger partial charge in [0.2, 0.25) is 0 Å². The highest BCUT2D eigenvalue weighted by atomic mass is 16.5. The van der Waals surface area contributed by atoms with E-state index in [2.05, 4.69) is 22.8 Å². The van der Waals surface area contributed by atoms with E-state index in [9.17, 15) is 4.79 Å². The van der Waals surface area contributed by atoms with Crippen molar-refractivity contribution in [2.45, 2.75) is 25.4 Å². The van der Waals surface area contributed by atoms with Crippen LogP contribution in [0.25, 0.3) is 0 Å². The van der Waals surface area contributed by atoms with Crippen LogP contribution in [0.5, 0.6) is 11.5 Å². The summed E-state index contributed by atoms with van der Waals surface area (Å²) in [5.41, 5.74) is 1.87. The minimum absolute atomic E-state index is 0.0903. The summed E-state index contributed by atoms with van der Waals surface area (Å²) >= 11 is 0. The fourth-order valence-electron chi connectivity index (χ4n) is 3.14. The van der Waals surface area contributed by atoms with E-state index in [1.54, 1.807) is 19.2 Å². The molecule has 0 saturated heterocycles. The molecule has 1 heterocycles.